The van der Waals surface area contributed by atoms with Gasteiger partial charge in [-0.1, -0.05) is 29.8 Å². The Morgan fingerprint density at radius 1 is 1.21 bits per heavy atom. The van der Waals surface area contributed by atoms with Gasteiger partial charge in [-0.05, 0) is 42.7 Å². The summed E-state index contributed by atoms with van der Waals surface area (Å²) in [6, 6.07) is 9.75. The summed E-state index contributed by atoms with van der Waals surface area (Å²) in [6.45, 7) is 4.41. The van der Waals surface area contributed by atoms with Crippen LogP contribution in [0.2, 0.25) is 0 Å². The number of nitrogens with one attached hydrogen (secondary N) is 1. The summed E-state index contributed by atoms with van der Waals surface area (Å²) >= 11 is 3.63. The molecule has 144 valence electrons. The molecular weight excluding hydrogens is 420 g/mol. The van der Waals surface area contributed by atoms with Gasteiger partial charge in [0.2, 0.25) is 0 Å². The molecule has 0 amide bonds. The number of hydrogen-bond donors (Lipinski definition) is 1. The van der Waals surface area contributed by atoms with Crippen LogP contribution in [-0.2, 0) is 4.74 Å². The normalized spacial score (nSPS) is 12.8. The molecule has 2 aromatic heterocycles. The van der Waals surface area contributed by atoms with E-state index < -0.39 is 0 Å². The Kier molecular flexibility index (Phi) is 4.93. The van der Waals surface area contributed by atoms with Gasteiger partial charge < -0.3 is 4.74 Å². The lowest BCUT2D eigenvalue weighted by Gasteiger charge is -2.22. The van der Waals surface area contributed by atoms with E-state index in [4.69, 9.17) is 4.74 Å². The molecule has 0 aliphatic heterocycles. The van der Waals surface area contributed by atoms with Crippen molar-refractivity contribution in [3.63, 3.8) is 0 Å². The predicted molar refractivity (Wildman–Crippen MR) is 112 cm³/mol. The van der Waals surface area contributed by atoms with Crippen molar-refractivity contribution in [2.45, 2.75) is 26.3 Å². The van der Waals surface area contributed by atoms with Crippen LogP contribution in [0.1, 0.15) is 42.2 Å². The molecule has 0 aliphatic carbocycles. The molecule has 0 fully saturated rings. The summed E-state index contributed by atoms with van der Waals surface area (Å²) in [4.78, 5) is 11.9. The summed E-state index contributed by atoms with van der Waals surface area (Å²) in [7, 11) is 1.39. The third kappa shape index (κ3) is 3.30. The third-order valence-corrected chi connectivity index (χ3v) is 5.37. The second kappa shape index (κ2) is 7.39. The van der Waals surface area contributed by atoms with Gasteiger partial charge in [0, 0.05) is 20.8 Å². The SMILES string of the molecule is COC(=O)c1ccc2c(cnn2C(CC(C)C)c2cc(Br)cc3cn[nH]c23)c1. The standard InChI is InChI=1S/C21H21BrN4O2/c1-12(2)6-19(17-9-16(22)8-15-10-23-25-20(15)17)26-18-5-4-13(21(27)28-3)7-14(18)11-24-26/h4-5,7-12,19H,6H2,1-3H3,(H,23,25). The Balaban J connectivity index is 1.88. The van der Waals surface area contributed by atoms with Crippen molar-refractivity contribution >= 4 is 43.7 Å². The number of carbonyl (C=O) groups is 1. The molecule has 4 rings (SSSR count). The molecule has 0 aliphatic rings. The lowest BCUT2D eigenvalue weighted by atomic mass is 9.95. The number of nitrogens with zero attached hydrogens (tertiary/aromatic N) is 3. The second-order valence-electron chi connectivity index (χ2n) is 7.33. The number of benzene rings is 2. The van der Waals surface area contributed by atoms with Crippen molar-refractivity contribution in [3.05, 3.63) is 58.3 Å². The zero-order chi connectivity index (χ0) is 19.8. The highest BCUT2D eigenvalue weighted by molar-refractivity contribution is 9.10. The van der Waals surface area contributed by atoms with Gasteiger partial charge in [0.15, 0.2) is 0 Å². The molecule has 0 spiro atoms. The van der Waals surface area contributed by atoms with Crippen LogP contribution in [0, 0.1) is 5.92 Å². The Morgan fingerprint density at radius 2 is 2.04 bits per heavy atom. The maximum Gasteiger partial charge on any atom is 0.337 e. The van der Waals surface area contributed by atoms with E-state index in [1.54, 1.807) is 12.3 Å². The number of aromatic amines is 1. The summed E-state index contributed by atoms with van der Waals surface area (Å²) in [6.07, 6.45) is 4.55. The topological polar surface area (TPSA) is 72.8 Å². The van der Waals surface area contributed by atoms with Crippen molar-refractivity contribution in [3.8, 4) is 0 Å². The van der Waals surface area contributed by atoms with Crippen LogP contribution in [0.5, 0.6) is 0 Å². The highest BCUT2D eigenvalue weighted by Gasteiger charge is 2.22. The Labute approximate surface area is 171 Å². The highest BCUT2D eigenvalue weighted by Crippen LogP contribution is 2.35. The number of fused-ring (bicyclic) bond motifs is 2. The molecule has 0 saturated carbocycles. The van der Waals surface area contributed by atoms with Crippen LogP contribution in [0.4, 0.5) is 0 Å². The number of esters is 1. The molecular formula is C21H21BrN4O2. The number of ether oxygens (including phenoxy) is 1. The van der Waals surface area contributed by atoms with Crippen LogP contribution in [0.25, 0.3) is 21.8 Å². The third-order valence-electron chi connectivity index (χ3n) is 4.91. The fourth-order valence-electron chi connectivity index (χ4n) is 3.66. The molecule has 6 nitrogen and oxygen atoms in total. The van der Waals surface area contributed by atoms with Gasteiger partial charge in [0.25, 0.3) is 0 Å². The number of hydrogen-bond acceptors (Lipinski definition) is 4. The van der Waals surface area contributed by atoms with Gasteiger partial charge >= 0.3 is 5.97 Å². The number of carbonyl (C=O) groups excluding carboxylic acids is 1. The molecule has 2 heterocycles. The first kappa shape index (κ1) is 18.7. The Morgan fingerprint density at radius 3 is 2.79 bits per heavy atom. The first-order chi connectivity index (χ1) is 13.5. The van der Waals surface area contributed by atoms with E-state index in [2.05, 4.69) is 57.2 Å². The fraction of sp³-hybridized carbons (Fsp3) is 0.286. The van der Waals surface area contributed by atoms with Gasteiger partial charge in [-0.15, -0.1) is 0 Å². The van der Waals surface area contributed by atoms with E-state index in [-0.39, 0.29) is 12.0 Å². The van der Waals surface area contributed by atoms with Gasteiger partial charge in [-0.3, -0.25) is 9.78 Å². The van der Waals surface area contributed by atoms with Gasteiger partial charge in [0.1, 0.15) is 0 Å². The number of rotatable bonds is 5. The molecule has 0 saturated heterocycles. The monoisotopic (exact) mass is 440 g/mol. The van der Waals surface area contributed by atoms with Gasteiger partial charge in [-0.25, -0.2) is 4.79 Å². The highest BCUT2D eigenvalue weighted by atomic mass is 79.9. The Bertz CT molecular complexity index is 1160. The zero-order valence-corrected chi connectivity index (χ0v) is 17.5. The smallest absolute Gasteiger partial charge is 0.337 e. The summed E-state index contributed by atoms with van der Waals surface area (Å²) in [5, 5.41) is 14.0. The van der Waals surface area contributed by atoms with E-state index in [1.165, 1.54) is 7.11 Å². The van der Waals surface area contributed by atoms with Crippen LogP contribution in [-0.4, -0.2) is 33.1 Å². The van der Waals surface area contributed by atoms with E-state index in [0.29, 0.717) is 11.5 Å². The summed E-state index contributed by atoms with van der Waals surface area (Å²) in [5.74, 6) is 0.120. The minimum Gasteiger partial charge on any atom is -0.465 e. The molecule has 4 aromatic rings. The Hall–Kier alpha value is -2.67. The van der Waals surface area contributed by atoms with Crippen molar-refractivity contribution in [1.82, 2.24) is 20.0 Å². The van der Waals surface area contributed by atoms with E-state index in [1.807, 2.05) is 23.0 Å². The van der Waals surface area contributed by atoms with Gasteiger partial charge in [0.05, 0.1) is 42.1 Å². The summed E-state index contributed by atoms with van der Waals surface area (Å²) < 4.78 is 7.88. The molecule has 0 radical (unpaired) electrons. The van der Waals surface area contributed by atoms with E-state index in [0.717, 1.165) is 38.3 Å². The maximum absolute atomic E-state index is 11.9. The minimum absolute atomic E-state index is 0.0296. The number of aromatic nitrogens is 4. The molecule has 1 unspecified atom stereocenters. The van der Waals surface area contributed by atoms with Crippen molar-refractivity contribution < 1.29 is 9.53 Å². The lowest BCUT2D eigenvalue weighted by Crippen LogP contribution is -2.15. The number of halogens is 1. The van der Waals surface area contributed by atoms with Crippen LogP contribution < -0.4 is 0 Å². The van der Waals surface area contributed by atoms with Crippen molar-refractivity contribution in [1.29, 1.82) is 0 Å². The quantitative estimate of drug-likeness (QED) is 0.438. The van der Waals surface area contributed by atoms with E-state index >= 15 is 0 Å². The van der Waals surface area contributed by atoms with Crippen LogP contribution >= 0.6 is 15.9 Å². The zero-order valence-electron chi connectivity index (χ0n) is 15.9. The van der Waals surface area contributed by atoms with Crippen molar-refractivity contribution in [2.24, 2.45) is 5.92 Å². The molecule has 7 heteroatoms. The molecule has 1 N–H and O–H groups in total. The fourth-order valence-corrected chi connectivity index (χ4v) is 4.15. The van der Waals surface area contributed by atoms with Crippen LogP contribution in [0.3, 0.4) is 0 Å². The first-order valence-electron chi connectivity index (χ1n) is 9.16. The predicted octanol–water partition coefficient (Wildman–Crippen LogP) is 5.10. The van der Waals surface area contributed by atoms with Crippen LogP contribution in [0.15, 0.2) is 47.2 Å². The average Bonchev–Trinajstić information content (AvgIpc) is 3.30. The first-order valence-corrected chi connectivity index (χ1v) is 9.95. The van der Waals surface area contributed by atoms with Gasteiger partial charge in [-0.2, -0.15) is 10.2 Å². The number of methoxy groups -OCH3 is 1. The molecule has 2 aromatic carbocycles. The molecule has 1 atom stereocenters. The largest absolute Gasteiger partial charge is 0.465 e. The molecule has 0 bridgehead atoms. The van der Waals surface area contributed by atoms with Crippen molar-refractivity contribution in [2.75, 3.05) is 7.11 Å². The van der Waals surface area contributed by atoms with E-state index in [9.17, 15) is 4.79 Å². The minimum atomic E-state index is -0.348. The number of H-pyrrole nitrogens is 1. The lowest BCUT2D eigenvalue weighted by molar-refractivity contribution is 0.0601. The second-order valence-corrected chi connectivity index (χ2v) is 8.24. The summed E-state index contributed by atoms with van der Waals surface area (Å²) in [5.41, 5.74) is 3.65. The average molecular weight is 441 g/mol. The molecule has 28 heavy (non-hydrogen) atoms. The maximum atomic E-state index is 11.9.